The highest BCUT2D eigenvalue weighted by Gasteiger charge is 2.32. The van der Waals surface area contributed by atoms with Gasteiger partial charge < -0.3 is 10.1 Å². The van der Waals surface area contributed by atoms with Crippen LogP contribution in [-0.4, -0.2) is 33.2 Å². The van der Waals surface area contributed by atoms with Crippen LogP contribution < -0.4 is 14.4 Å². The number of anilines is 2. The molecule has 0 aliphatic heterocycles. The predicted octanol–water partition coefficient (Wildman–Crippen LogP) is 3.89. The van der Waals surface area contributed by atoms with Crippen molar-refractivity contribution in [3.05, 3.63) is 53.6 Å². The molecule has 1 atom stereocenters. The summed E-state index contributed by atoms with van der Waals surface area (Å²) in [6, 6.07) is 11.7. The van der Waals surface area contributed by atoms with Crippen molar-refractivity contribution in [1.29, 1.82) is 0 Å². The first-order valence-electron chi connectivity index (χ1n) is 9.27. The maximum atomic E-state index is 13.0. The Hall–Kier alpha value is -2.54. The van der Waals surface area contributed by atoms with Crippen molar-refractivity contribution in [2.45, 2.75) is 40.2 Å². The second kappa shape index (κ2) is 9.10. The van der Waals surface area contributed by atoms with Gasteiger partial charge >= 0.3 is 0 Å². The molecule has 7 heteroatoms. The fraction of sp³-hybridized carbons (Fsp3) is 0.381. The molecule has 0 saturated carbocycles. The Bertz CT molecular complexity index is 924. The van der Waals surface area contributed by atoms with Crippen LogP contribution in [0.3, 0.4) is 0 Å². The molecule has 0 radical (unpaired) electrons. The van der Waals surface area contributed by atoms with Crippen molar-refractivity contribution >= 4 is 27.3 Å². The summed E-state index contributed by atoms with van der Waals surface area (Å²) in [6.45, 7) is 7.98. The number of hydrogen-bond acceptors (Lipinski definition) is 4. The number of amides is 1. The van der Waals surface area contributed by atoms with Crippen molar-refractivity contribution in [2.24, 2.45) is 0 Å². The molecule has 0 saturated heterocycles. The van der Waals surface area contributed by atoms with Gasteiger partial charge in [0.25, 0.3) is 0 Å². The standard InChI is InChI=1S/C21H28N2O4S/c1-6-19(21(24)22-17-10-12-18(13-11-17)27-7-2)23(28(5,25)26)20-14-15(3)8-9-16(20)4/h8-14,19H,6-7H2,1-5H3,(H,22,24)/t19-/m0/s1. The molecule has 0 aliphatic rings. The van der Waals surface area contributed by atoms with Crippen LogP contribution in [0.5, 0.6) is 5.75 Å². The quantitative estimate of drug-likeness (QED) is 0.724. The predicted molar refractivity (Wildman–Crippen MR) is 114 cm³/mol. The van der Waals surface area contributed by atoms with Gasteiger partial charge in [-0.05, 0) is 68.7 Å². The van der Waals surface area contributed by atoms with E-state index in [1.165, 1.54) is 4.31 Å². The molecule has 2 rings (SSSR count). The first-order chi connectivity index (χ1) is 13.2. The lowest BCUT2D eigenvalue weighted by molar-refractivity contribution is -0.117. The Kier molecular flexibility index (Phi) is 7.07. The van der Waals surface area contributed by atoms with Crippen molar-refractivity contribution in [2.75, 3.05) is 22.5 Å². The molecule has 6 nitrogen and oxygen atoms in total. The second-order valence-corrected chi connectivity index (χ2v) is 8.58. The maximum Gasteiger partial charge on any atom is 0.248 e. The van der Waals surface area contributed by atoms with Crippen LogP contribution >= 0.6 is 0 Å². The van der Waals surface area contributed by atoms with E-state index in [4.69, 9.17) is 4.74 Å². The molecule has 0 bridgehead atoms. The molecule has 0 aromatic heterocycles. The minimum absolute atomic E-state index is 0.337. The SMILES string of the molecule is CCOc1ccc(NC(=O)[C@H](CC)N(c2cc(C)ccc2C)S(C)(=O)=O)cc1. The van der Waals surface area contributed by atoms with Crippen LogP contribution in [0.4, 0.5) is 11.4 Å². The zero-order chi connectivity index (χ0) is 20.9. The van der Waals surface area contributed by atoms with E-state index in [1.54, 1.807) is 37.3 Å². The fourth-order valence-corrected chi connectivity index (χ4v) is 4.28. The molecular weight excluding hydrogens is 376 g/mol. The summed E-state index contributed by atoms with van der Waals surface area (Å²) in [4.78, 5) is 13.0. The Balaban J connectivity index is 2.35. The number of carbonyl (C=O) groups is 1. The van der Waals surface area contributed by atoms with Crippen LogP contribution in [0, 0.1) is 13.8 Å². The summed E-state index contributed by atoms with van der Waals surface area (Å²) >= 11 is 0. The van der Waals surface area contributed by atoms with E-state index in [1.807, 2.05) is 32.9 Å². The van der Waals surface area contributed by atoms with E-state index in [2.05, 4.69) is 5.32 Å². The molecule has 0 fully saturated rings. The van der Waals surface area contributed by atoms with Gasteiger partial charge in [-0.15, -0.1) is 0 Å². The lowest BCUT2D eigenvalue weighted by Gasteiger charge is -2.31. The van der Waals surface area contributed by atoms with Gasteiger partial charge in [-0.3, -0.25) is 9.10 Å². The van der Waals surface area contributed by atoms with Crippen LogP contribution in [-0.2, 0) is 14.8 Å². The zero-order valence-corrected chi connectivity index (χ0v) is 17.8. The molecule has 2 aromatic carbocycles. The maximum absolute atomic E-state index is 13.0. The number of rotatable bonds is 8. The van der Waals surface area contributed by atoms with Gasteiger partial charge in [0.1, 0.15) is 11.8 Å². The van der Waals surface area contributed by atoms with Crippen LogP contribution in [0.2, 0.25) is 0 Å². The number of nitrogens with one attached hydrogen (secondary N) is 1. The normalized spacial score (nSPS) is 12.3. The number of sulfonamides is 1. The smallest absolute Gasteiger partial charge is 0.248 e. The number of aryl methyl sites for hydroxylation is 2. The third-order valence-corrected chi connectivity index (χ3v) is 5.53. The van der Waals surface area contributed by atoms with E-state index in [9.17, 15) is 13.2 Å². The fourth-order valence-electron chi connectivity index (χ4n) is 3.02. The summed E-state index contributed by atoms with van der Waals surface area (Å²) in [6.07, 6.45) is 1.46. The highest BCUT2D eigenvalue weighted by atomic mass is 32.2. The van der Waals surface area contributed by atoms with E-state index >= 15 is 0 Å². The zero-order valence-electron chi connectivity index (χ0n) is 17.0. The molecule has 28 heavy (non-hydrogen) atoms. The third kappa shape index (κ3) is 5.25. The highest BCUT2D eigenvalue weighted by Crippen LogP contribution is 2.28. The van der Waals surface area contributed by atoms with E-state index < -0.39 is 16.1 Å². The van der Waals surface area contributed by atoms with Crippen molar-refractivity contribution in [3.8, 4) is 5.75 Å². The monoisotopic (exact) mass is 404 g/mol. The first kappa shape index (κ1) is 21.8. The van der Waals surface area contributed by atoms with Crippen molar-refractivity contribution in [3.63, 3.8) is 0 Å². The summed E-state index contributed by atoms with van der Waals surface area (Å²) in [5, 5.41) is 2.82. The molecule has 0 heterocycles. The van der Waals surface area contributed by atoms with Gasteiger partial charge in [0, 0.05) is 5.69 Å². The van der Waals surface area contributed by atoms with Gasteiger partial charge in [0.15, 0.2) is 0 Å². The number of nitrogens with zero attached hydrogens (tertiary/aromatic N) is 1. The number of carbonyl (C=O) groups excluding carboxylic acids is 1. The van der Waals surface area contributed by atoms with Gasteiger partial charge in [-0.2, -0.15) is 0 Å². The largest absolute Gasteiger partial charge is 0.494 e. The van der Waals surface area contributed by atoms with Crippen molar-refractivity contribution in [1.82, 2.24) is 0 Å². The Morgan fingerprint density at radius 1 is 1.11 bits per heavy atom. The number of benzene rings is 2. The average Bonchev–Trinajstić information content (AvgIpc) is 2.62. The van der Waals surface area contributed by atoms with E-state index in [0.29, 0.717) is 30.2 Å². The summed E-state index contributed by atoms with van der Waals surface area (Å²) in [5.41, 5.74) is 2.83. The number of ether oxygens (including phenoxy) is 1. The van der Waals surface area contributed by atoms with E-state index in [-0.39, 0.29) is 5.91 Å². The van der Waals surface area contributed by atoms with Crippen molar-refractivity contribution < 1.29 is 17.9 Å². The summed E-state index contributed by atoms with van der Waals surface area (Å²) in [5.74, 6) is 0.332. The molecule has 2 aromatic rings. The third-order valence-electron chi connectivity index (χ3n) is 4.36. The minimum Gasteiger partial charge on any atom is -0.494 e. The highest BCUT2D eigenvalue weighted by molar-refractivity contribution is 7.92. The van der Waals surface area contributed by atoms with Gasteiger partial charge in [0.2, 0.25) is 15.9 Å². The lowest BCUT2D eigenvalue weighted by atomic mass is 10.1. The number of hydrogen-bond donors (Lipinski definition) is 1. The Morgan fingerprint density at radius 3 is 2.29 bits per heavy atom. The van der Waals surface area contributed by atoms with Crippen LogP contribution in [0.1, 0.15) is 31.4 Å². The van der Waals surface area contributed by atoms with Gasteiger partial charge in [0.05, 0.1) is 18.6 Å². The Morgan fingerprint density at radius 2 is 1.75 bits per heavy atom. The summed E-state index contributed by atoms with van der Waals surface area (Å²) in [7, 11) is -3.67. The summed E-state index contributed by atoms with van der Waals surface area (Å²) < 4.78 is 31.8. The Labute approximate surface area is 167 Å². The van der Waals surface area contributed by atoms with Crippen LogP contribution in [0.25, 0.3) is 0 Å². The first-order valence-corrected chi connectivity index (χ1v) is 11.1. The minimum atomic E-state index is -3.67. The van der Waals surface area contributed by atoms with E-state index in [0.717, 1.165) is 17.4 Å². The lowest BCUT2D eigenvalue weighted by Crippen LogP contribution is -2.47. The van der Waals surface area contributed by atoms with Crippen LogP contribution in [0.15, 0.2) is 42.5 Å². The molecule has 0 aliphatic carbocycles. The average molecular weight is 405 g/mol. The molecule has 1 amide bonds. The molecule has 152 valence electrons. The topological polar surface area (TPSA) is 75.7 Å². The van der Waals surface area contributed by atoms with Gasteiger partial charge in [-0.25, -0.2) is 8.42 Å². The molecule has 0 spiro atoms. The molecule has 0 unspecified atom stereocenters. The molecular formula is C21H28N2O4S. The second-order valence-electron chi connectivity index (χ2n) is 6.72. The van der Waals surface area contributed by atoms with Gasteiger partial charge in [-0.1, -0.05) is 19.1 Å². The molecule has 1 N–H and O–H groups in total.